The number of likely N-dealkylation sites (tertiary alicyclic amines) is 1. The Morgan fingerprint density at radius 3 is 2.60 bits per heavy atom. The number of fused-ring (bicyclic) bond motifs is 1. The number of hydrogen-bond acceptors (Lipinski definition) is 7. The molecule has 1 saturated heterocycles. The number of amides is 2. The zero-order valence-electron chi connectivity index (χ0n) is 17.2. The van der Waals surface area contributed by atoms with E-state index in [2.05, 4.69) is 15.0 Å². The summed E-state index contributed by atoms with van der Waals surface area (Å²) in [5.74, 6) is -2.84. The lowest BCUT2D eigenvalue weighted by atomic mass is 9.65. The van der Waals surface area contributed by atoms with Crippen LogP contribution in [0, 0.1) is 23.7 Å². The quantitative estimate of drug-likeness (QED) is 0.524. The number of nitrogens with zero attached hydrogens (tertiary/aromatic N) is 2. The highest BCUT2D eigenvalue weighted by atomic mass is 16.5. The van der Waals surface area contributed by atoms with Gasteiger partial charge in [0.1, 0.15) is 6.54 Å². The Labute approximate surface area is 175 Å². The summed E-state index contributed by atoms with van der Waals surface area (Å²) in [6, 6.07) is 5.55. The number of aromatic nitrogens is 1. The normalized spacial score (nSPS) is 30.5. The molecule has 2 aliphatic rings. The molecule has 2 fully saturated rings. The zero-order valence-corrected chi connectivity index (χ0v) is 17.2. The smallest absolute Gasteiger partial charge is 0.325 e. The molecule has 0 bridgehead atoms. The van der Waals surface area contributed by atoms with Crippen LogP contribution in [0.25, 0.3) is 0 Å². The minimum Gasteiger partial charge on any atom is -0.468 e. The van der Waals surface area contributed by atoms with Crippen LogP contribution in [0.3, 0.4) is 0 Å². The van der Waals surface area contributed by atoms with Crippen LogP contribution in [-0.2, 0) is 25.5 Å². The highest BCUT2D eigenvalue weighted by molar-refractivity contribution is 5.84. The summed E-state index contributed by atoms with van der Waals surface area (Å²) >= 11 is 0. The molecule has 1 aromatic heterocycles. The largest absolute Gasteiger partial charge is 0.468 e. The van der Waals surface area contributed by atoms with Gasteiger partial charge in [0.15, 0.2) is 0 Å². The maximum Gasteiger partial charge on any atom is 0.325 e. The van der Waals surface area contributed by atoms with Gasteiger partial charge in [-0.1, -0.05) is 13.0 Å². The number of rotatable bonds is 6. The summed E-state index contributed by atoms with van der Waals surface area (Å²) in [6.45, 7) is 2.06. The molecule has 164 valence electrons. The number of pyridine rings is 1. The van der Waals surface area contributed by atoms with Crippen LogP contribution in [0.15, 0.2) is 24.4 Å². The van der Waals surface area contributed by atoms with Crippen molar-refractivity contribution >= 4 is 17.8 Å². The zero-order chi connectivity index (χ0) is 21.8. The molecule has 6 atom stereocenters. The van der Waals surface area contributed by atoms with Crippen LogP contribution in [0.1, 0.15) is 19.0 Å². The van der Waals surface area contributed by atoms with E-state index in [4.69, 9.17) is 0 Å². The van der Waals surface area contributed by atoms with E-state index in [-0.39, 0.29) is 37.2 Å². The molecule has 0 aromatic carbocycles. The molecule has 3 N–H and O–H groups in total. The SMILES string of the molecule is COC(=O)CNC(=O)[C@H]1[C@@H](C)[C@H](O)[C@@H](O)[C@H]2CN(C(=O)CCc3ccccn3)C[C@@H]21. The van der Waals surface area contributed by atoms with Crippen LogP contribution >= 0.6 is 0 Å². The highest BCUT2D eigenvalue weighted by Gasteiger charge is 2.54. The number of aliphatic hydroxyl groups excluding tert-OH is 2. The van der Waals surface area contributed by atoms with E-state index >= 15 is 0 Å². The summed E-state index contributed by atoms with van der Waals surface area (Å²) < 4.78 is 4.55. The fourth-order valence-electron chi connectivity index (χ4n) is 4.69. The Kier molecular flexibility index (Phi) is 7.04. The van der Waals surface area contributed by atoms with Crippen LogP contribution in [0.4, 0.5) is 0 Å². The molecule has 9 heteroatoms. The van der Waals surface area contributed by atoms with Gasteiger partial charge in [-0.25, -0.2) is 0 Å². The van der Waals surface area contributed by atoms with E-state index in [1.165, 1.54) is 7.11 Å². The predicted molar refractivity (Wildman–Crippen MR) is 106 cm³/mol. The number of aliphatic hydroxyl groups is 2. The maximum absolute atomic E-state index is 12.8. The number of aryl methyl sites for hydroxylation is 1. The molecule has 3 rings (SSSR count). The van der Waals surface area contributed by atoms with Crippen molar-refractivity contribution < 1.29 is 29.3 Å². The third-order valence-corrected chi connectivity index (χ3v) is 6.38. The number of methoxy groups -OCH3 is 1. The van der Waals surface area contributed by atoms with E-state index in [1.807, 2.05) is 18.2 Å². The van der Waals surface area contributed by atoms with Crippen molar-refractivity contribution in [2.75, 3.05) is 26.7 Å². The summed E-state index contributed by atoms with van der Waals surface area (Å²) in [6.07, 6.45) is 0.382. The first-order valence-electron chi connectivity index (χ1n) is 10.2. The third-order valence-electron chi connectivity index (χ3n) is 6.38. The predicted octanol–water partition coefficient (Wildman–Crippen LogP) is -0.634. The second-order valence-corrected chi connectivity index (χ2v) is 8.11. The maximum atomic E-state index is 12.8. The van der Waals surface area contributed by atoms with Gasteiger partial charge in [-0.05, 0) is 30.4 Å². The molecule has 0 radical (unpaired) electrons. The second-order valence-electron chi connectivity index (χ2n) is 8.11. The van der Waals surface area contributed by atoms with Gasteiger partial charge in [0.2, 0.25) is 11.8 Å². The van der Waals surface area contributed by atoms with E-state index < -0.39 is 35.9 Å². The molecule has 0 spiro atoms. The lowest BCUT2D eigenvalue weighted by Crippen LogP contribution is -2.56. The number of ether oxygens (including phenoxy) is 1. The van der Waals surface area contributed by atoms with Crippen molar-refractivity contribution in [1.29, 1.82) is 0 Å². The average molecular weight is 419 g/mol. The van der Waals surface area contributed by atoms with Gasteiger partial charge in [0.25, 0.3) is 0 Å². The monoisotopic (exact) mass is 419 g/mol. The second kappa shape index (κ2) is 9.53. The van der Waals surface area contributed by atoms with Gasteiger partial charge in [-0.3, -0.25) is 19.4 Å². The van der Waals surface area contributed by atoms with Gasteiger partial charge in [-0.15, -0.1) is 0 Å². The lowest BCUT2D eigenvalue weighted by molar-refractivity contribution is -0.149. The summed E-state index contributed by atoms with van der Waals surface area (Å²) in [4.78, 5) is 42.8. The van der Waals surface area contributed by atoms with Crippen molar-refractivity contribution in [3.05, 3.63) is 30.1 Å². The molecule has 2 heterocycles. The Morgan fingerprint density at radius 2 is 1.93 bits per heavy atom. The molecule has 1 aromatic rings. The Hall–Kier alpha value is -2.52. The van der Waals surface area contributed by atoms with Crippen molar-refractivity contribution in [2.24, 2.45) is 23.7 Å². The molecule has 1 saturated carbocycles. The van der Waals surface area contributed by atoms with Gasteiger partial charge < -0.3 is 25.2 Å². The van der Waals surface area contributed by atoms with Crippen molar-refractivity contribution in [3.63, 3.8) is 0 Å². The molecular formula is C21H29N3O6. The average Bonchev–Trinajstić information content (AvgIpc) is 3.20. The first-order chi connectivity index (χ1) is 14.3. The molecule has 1 aliphatic carbocycles. The standard InChI is InChI=1S/C21H29N3O6/c1-12-18(21(29)23-9-17(26)30-2)14-10-24(11-15(14)20(28)19(12)27)16(25)7-6-13-5-3-4-8-22-13/h3-5,8,12,14-15,18-20,27-28H,6-7,9-11H2,1-2H3,(H,23,29)/t12-,14+,15+,18+,19+,20+/m1/s1. The fourth-order valence-corrected chi connectivity index (χ4v) is 4.69. The van der Waals surface area contributed by atoms with Crippen molar-refractivity contribution in [2.45, 2.75) is 32.0 Å². The van der Waals surface area contributed by atoms with Crippen LogP contribution in [-0.4, -0.2) is 76.8 Å². The summed E-state index contributed by atoms with van der Waals surface area (Å²) in [5, 5.41) is 23.6. The molecular weight excluding hydrogens is 390 g/mol. The minimum atomic E-state index is -1.08. The van der Waals surface area contributed by atoms with Crippen LogP contribution in [0.2, 0.25) is 0 Å². The van der Waals surface area contributed by atoms with Gasteiger partial charge in [0.05, 0.1) is 19.3 Å². The Balaban J connectivity index is 1.68. The number of nitrogens with one attached hydrogen (secondary N) is 1. The topological polar surface area (TPSA) is 129 Å². The summed E-state index contributed by atoms with van der Waals surface area (Å²) in [7, 11) is 1.24. The van der Waals surface area contributed by atoms with Gasteiger partial charge in [0, 0.05) is 43.2 Å². The van der Waals surface area contributed by atoms with Gasteiger partial charge >= 0.3 is 5.97 Å². The number of carbonyl (C=O) groups excluding carboxylic acids is 3. The van der Waals surface area contributed by atoms with Crippen molar-refractivity contribution in [1.82, 2.24) is 15.2 Å². The van der Waals surface area contributed by atoms with Gasteiger partial charge in [-0.2, -0.15) is 0 Å². The van der Waals surface area contributed by atoms with E-state index in [9.17, 15) is 24.6 Å². The Bertz CT molecular complexity index is 773. The number of hydrogen-bond donors (Lipinski definition) is 3. The van der Waals surface area contributed by atoms with E-state index in [1.54, 1.807) is 18.0 Å². The van der Waals surface area contributed by atoms with Crippen molar-refractivity contribution in [3.8, 4) is 0 Å². The van der Waals surface area contributed by atoms with E-state index in [0.29, 0.717) is 13.0 Å². The number of esters is 1. The minimum absolute atomic E-state index is 0.0712. The van der Waals surface area contributed by atoms with Crippen LogP contribution in [0.5, 0.6) is 0 Å². The molecule has 30 heavy (non-hydrogen) atoms. The molecule has 0 unspecified atom stereocenters. The first kappa shape index (κ1) is 22.2. The third kappa shape index (κ3) is 4.62. The Morgan fingerprint density at radius 1 is 1.20 bits per heavy atom. The fraction of sp³-hybridized carbons (Fsp3) is 0.619. The lowest BCUT2D eigenvalue weighted by Gasteiger charge is -2.43. The molecule has 2 amide bonds. The molecule has 9 nitrogen and oxygen atoms in total. The number of carbonyl (C=O) groups is 3. The molecule has 1 aliphatic heterocycles. The first-order valence-corrected chi connectivity index (χ1v) is 10.2. The van der Waals surface area contributed by atoms with E-state index in [0.717, 1.165) is 5.69 Å². The van der Waals surface area contributed by atoms with Crippen LogP contribution < -0.4 is 5.32 Å². The highest BCUT2D eigenvalue weighted by Crippen LogP contribution is 2.43. The summed E-state index contributed by atoms with van der Waals surface area (Å²) in [5.41, 5.74) is 0.826.